The summed E-state index contributed by atoms with van der Waals surface area (Å²) >= 11 is 0. The van der Waals surface area contributed by atoms with Gasteiger partial charge in [-0.15, -0.1) is 0 Å². The Morgan fingerprint density at radius 2 is 2.06 bits per heavy atom. The minimum absolute atomic E-state index is 0.00403. The lowest BCUT2D eigenvalue weighted by molar-refractivity contribution is -0.125. The Morgan fingerprint density at radius 1 is 1.38 bits per heavy atom. The van der Waals surface area contributed by atoms with Crippen molar-refractivity contribution >= 4 is 5.91 Å². The van der Waals surface area contributed by atoms with Crippen molar-refractivity contribution in [2.45, 2.75) is 51.2 Å². The zero-order chi connectivity index (χ0) is 11.7. The first-order chi connectivity index (χ1) is 7.58. The molecule has 1 heterocycles. The van der Waals surface area contributed by atoms with Crippen LogP contribution in [0.15, 0.2) is 0 Å². The van der Waals surface area contributed by atoms with Crippen molar-refractivity contribution in [3.05, 3.63) is 0 Å². The molecule has 4 nitrogen and oxygen atoms in total. The molecule has 2 rings (SSSR count). The summed E-state index contributed by atoms with van der Waals surface area (Å²) in [7, 11) is 0. The van der Waals surface area contributed by atoms with E-state index in [-0.39, 0.29) is 18.0 Å². The van der Waals surface area contributed by atoms with Crippen LogP contribution in [-0.2, 0) is 4.79 Å². The van der Waals surface area contributed by atoms with Crippen LogP contribution >= 0.6 is 0 Å². The van der Waals surface area contributed by atoms with Crippen molar-refractivity contribution in [2.24, 2.45) is 11.7 Å². The summed E-state index contributed by atoms with van der Waals surface area (Å²) in [5.41, 5.74) is 5.90. The van der Waals surface area contributed by atoms with E-state index in [2.05, 4.69) is 17.1 Å². The molecule has 3 N–H and O–H groups in total. The van der Waals surface area contributed by atoms with Crippen molar-refractivity contribution in [3.8, 4) is 0 Å². The SMILES string of the molecule is CC(N)C1CCN(C(C)C(=O)NC2CC2)C1. The summed E-state index contributed by atoms with van der Waals surface area (Å²) in [6.07, 6.45) is 3.43. The summed E-state index contributed by atoms with van der Waals surface area (Å²) in [5, 5.41) is 3.06. The number of hydrogen-bond donors (Lipinski definition) is 2. The molecule has 0 radical (unpaired) electrons. The van der Waals surface area contributed by atoms with Gasteiger partial charge in [0.15, 0.2) is 0 Å². The highest BCUT2D eigenvalue weighted by molar-refractivity contribution is 5.81. The van der Waals surface area contributed by atoms with E-state index < -0.39 is 0 Å². The second-order valence-electron chi connectivity index (χ2n) is 5.36. The maximum atomic E-state index is 11.9. The van der Waals surface area contributed by atoms with Gasteiger partial charge in [-0.3, -0.25) is 9.69 Å². The van der Waals surface area contributed by atoms with Gasteiger partial charge in [-0.2, -0.15) is 0 Å². The van der Waals surface area contributed by atoms with Gasteiger partial charge in [-0.05, 0) is 45.6 Å². The standard InChI is InChI=1S/C12H23N3O/c1-8(13)10-5-6-15(7-10)9(2)12(16)14-11-3-4-11/h8-11H,3-7,13H2,1-2H3,(H,14,16). The van der Waals surface area contributed by atoms with Crippen LogP contribution in [0.5, 0.6) is 0 Å². The number of amides is 1. The third kappa shape index (κ3) is 2.74. The van der Waals surface area contributed by atoms with Crippen LogP contribution in [0.1, 0.15) is 33.1 Å². The number of carbonyl (C=O) groups is 1. The average Bonchev–Trinajstić information content (AvgIpc) is 2.91. The summed E-state index contributed by atoms with van der Waals surface area (Å²) < 4.78 is 0. The van der Waals surface area contributed by atoms with Gasteiger partial charge in [0, 0.05) is 18.6 Å². The van der Waals surface area contributed by atoms with Crippen LogP contribution in [0.25, 0.3) is 0 Å². The van der Waals surface area contributed by atoms with Gasteiger partial charge < -0.3 is 11.1 Å². The van der Waals surface area contributed by atoms with Gasteiger partial charge in [-0.25, -0.2) is 0 Å². The Bertz CT molecular complexity index is 263. The van der Waals surface area contributed by atoms with E-state index >= 15 is 0 Å². The molecule has 0 aromatic rings. The predicted molar refractivity (Wildman–Crippen MR) is 64.0 cm³/mol. The lowest BCUT2D eigenvalue weighted by Gasteiger charge is -2.24. The highest BCUT2D eigenvalue weighted by Crippen LogP contribution is 2.22. The number of likely N-dealkylation sites (tertiary alicyclic amines) is 1. The summed E-state index contributed by atoms with van der Waals surface area (Å²) in [6, 6.07) is 0.704. The van der Waals surface area contributed by atoms with Crippen LogP contribution in [-0.4, -0.2) is 42.0 Å². The van der Waals surface area contributed by atoms with Crippen LogP contribution in [0, 0.1) is 5.92 Å². The fourth-order valence-electron chi connectivity index (χ4n) is 2.31. The van der Waals surface area contributed by atoms with E-state index in [9.17, 15) is 4.79 Å². The molecule has 92 valence electrons. The van der Waals surface area contributed by atoms with Gasteiger partial charge in [0.2, 0.25) is 5.91 Å². The molecule has 1 aliphatic heterocycles. The maximum Gasteiger partial charge on any atom is 0.237 e. The number of carbonyl (C=O) groups excluding carboxylic acids is 1. The molecule has 16 heavy (non-hydrogen) atoms. The number of nitrogens with two attached hydrogens (primary N) is 1. The third-order valence-electron chi connectivity index (χ3n) is 3.85. The fourth-order valence-corrected chi connectivity index (χ4v) is 2.31. The van der Waals surface area contributed by atoms with Crippen molar-refractivity contribution < 1.29 is 4.79 Å². The molecule has 0 aromatic carbocycles. The fraction of sp³-hybridized carbons (Fsp3) is 0.917. The minimum Gasteiger partial charge on any atom is -0.352 e. The molecule has 0 bridgehead atoms. The molecule has 4 heteroatoms. The van der Waals surface area contributed by atoms with E-state index in [4.69, 9.17) is 5.73 Å². The molecule has 0 aromatic heterocycles. The van der Waals surface area contributed by atoms with Gasteiger partial charge in [0.1, 0.15) is 0 Å². The quantitative estimate of drug-likeness (QED) is 0.724. The Hall–Kier alpha value is -0.610. The summed E-state index contributed by atoms with van der Waals surface area (Å²) in [4.78, 5) is 14.1. The molecule has 1 amide bonds. The predicted octanol–water partition coefficient (Wildman–Crippen LogP) is 0.323. The van der Waals surface area contributed by atoms with E-state index in [1.165, 1.54) is 0 Å². The van der Waals surface area contributed by atoms with E-state index in [0.29, 0.717) is 12.0 Å². The van der Waals surface area contributed by atoms with Gasteiger partial charge in [0.25, 0.3) is 0 Å². The topological polar surface area (TPSA) is 58.4 Å². The Labute approximate surface area is 97.6 Å². The van der Waals surface area contributed by atoms with Crippen LogP contribution in [0.2, 0.25) is 0 Å². The number of rotatable bonds is 4. The second kappa shape index (κ2) is 4.72. The normalized spacial score (nSPS) is 30.1. The van der Waals surface area contributed by atoms with Crippen LogP contribution in [0.4, 0.5) is 0 Å². The number of nitrogens with one attached hydrogen (secondary N) is 1. The molecular weight excluding hydrogens is 202 g/mol. The van der Waals surface area contributed by atoms with Crippen molar-refractivity contribution in [3.63, 3.8) is 0 Å². The van der Waals surface area contributed by atoms with Crippen LogP contribution < -0.4 is 11.1 Å². The van der Waals surface area contributed by atoms with Crippen LogP contribution in [0.3, 0.4) is 0 Å². The van der Waals surface area contributed by atoms with Gasteiger partial charge in [-0.1, -0.05) is 0 Å². The van der Waals surface area contributed by atoms with Gasteiger partial charge in [0.05, 0.1) is 6.04 Å². The van der Waals surface area contributed by atoms with E-state index in [1.54, 1.807) is 0 Å². The lowest BCUT2D eigenvalue weighted by Crippen LogP contribution is -2.45. The maximum absolute atomic E-state index is 11.9. The number of nitrogens with zero attached hydrogens (tertiary/aromatic N) is 1. The van der Waals surface area contributed by atoms with E-state index in [0.717, 1.165) is 32.4 Å². The average molecular weight is 225 g/mol. The molecule has 2 aliphatic rings. The minimum atomic E-state index is 0.00403. The molecule has 1 saturated heterocycles. The molecule has 1 aliphatic carbocycles. The van der Waals surface area contributed by atoms with Crippen molar-refractivity contribution in [1.29, 1.82) is 0 Å². The summed E-state index contributed by atoms with van der Waals surface area (Å²) in [5.74, 6) is 0.740. The first-order valence-electron chi connectivity index (χ1n) is 6.38. The zero-order valence-electron chi connectivity index (χ0n) is 10.3. The summed E-state index contributed by atoms with van der Waals surface area (Å²) in [6.45, 7) is 6.03. The lowest BCUT2D eigenvalue weighted by atomic mass is 10.0. The second-order valence-corrected chi connectivity index (χ2v) is 5.36. The first kappa shape index (κ1) is 11.9. The van der Waals surface area contributed by atoms with Crippen molar-refractivity contribution in [1.82, 2.24) is 10.2 Å². The molecule has 3 unspecified atom stereocenters. The van der Waals surface area contributed by atoms with Gasteiger partial charge >= 0.3 is 0 Å². The Kier molecular flexibility index (Phi) is 3.50. The number of hydrogen-bond acceptors (Lipinski definition) is 3. The first-order valence-corrected chi connectivity index (χ1v) is 6.38. The Morgan fingerprint density at radius 3 is 2.56 bits per heavy atom. The Balaban J connectivity index is 1.80. The monoisotopic (exact) mass is 225 g/mol. The molecule has 3 atom stereocenters. The third-order valence-corrected chi connectivity index (χ3v) is 3.85. The smallest absolute Gasteiger partial charge is 0.237 e. The zero-order valence-corrected chi connectivity index (χ0v) is 10.3. The highest BCUT2D eigenvalue weighted by Gasteiger charge is 2.33. The largest absolute Gasteiger partial charge is 0.352 e. The molecule has 1 saturated carbocycles. The van der Waals surface area contributed by atoms with Crippen molar-refractivity contribution in [2.75, 3.05) is 13.1 Å². The molecule has 0 spiro atoms. The van der Waals surface area contributed by atoms with E-state index in [1.807, 2.05) is 6.92 Å². The highest BCUT2D eigenvalue weighted by atomic mass is 16.2. The molecular formula is C12H23N3O. The molecule has 2 fully saturated rings.